The van der Waals surface area contributed by atoms with E-state index in [1.54, 1.807) is 0 Å². The second-order valence-electron chi connectivity index (χ2n) is 3.96. The van der Waals surface area contributed by atoms with Crippen molar-refractivity contribution in [2.45, 2.75) is 57.9 Å². The van der Waals surface area contributed by atoms with E-state index in [1.807, 2.05) is 0 Å². The number of halogens is 1. The zero-order chi connectivity index (χ0) is 8.16. The lowest BCUT2D eigenvalue weighted by Gasteiger charge is -2.11. The van der Waals surface area contributed by atoms with E-state index < -0.39 is 0 Å². The van der Waals surface area contributed by atoms with Gasteiger partial charge in [-0.25, -0.2) is 0 Å². The van der Waals surface area contributed by atoms with E-state index in [0.717, 1.165) is 5.54 Å². The zero-order valence-corrected chi connectivity index (χ0v) is 9.16. The summed E-state index contributed by atoms with van der Waals surface area (Å²) in [5, 5.41) is 2.60. The third kappa shape index (κ3) is 3.77. The van der Waals surface area contributed by atoms with Crippen molar-refractivity contribution in [1.29, 1.82) is 0 Å². The summed E-state index contributed by atoms with van der Waals surface area (Å²) in [6, 6.07) is 0. The Bertz CT molecular complexity index is 110. The van der Waals surface area contributed by atoms with Gasteiger partial charge in [0.15, 0.2) is 0 Å². The molecule has 0 heterocycles. The number of nitrogens with two attached hydrogens (primary N) is 1. The summed E-state index contributed by atoms with van der Waals surface area (Å²) in [6.07, 6.45) is 8.50. The van der Waals surface area contributed by atoms with Gasteiger partial charge in [-0.15, -0.1) is 0 Å². The zero-order valence-electron chi connectivity index (χ0n) is 8.41. The van der Waals surface area contributed by atoms with Gasteiger partial charge in [0, 0.05) is 19.3 Å². The Morgan fingerprint density at radius 1 is 1.17 bits per heavy atom. The van der Waals surface area contributed by atoms with Crippen LogP contribution in [-0.4, -0.2) is 12.1 Å². The average Bonchev–Trinajstić information content (AvgIpc) is 2.71. The Labute approximate surface area is 82.7 Å². The van der Waals surface area contributed by atoms with Crippen LogP contribution in [0.15, 0.2) is 0 Å². The molecule has 0 amide bonds. The molecule has 1 aliphatic carbocycles. The summed E-state index contributed by atoms with van der Waals surface area (Å²) >= 11 is 0. The van der Waals surface area contributed by atoms with E-state index in [9.17, 15) is 0 Å². The number of rotatable bonds is 6. The second kappa shape index (κ2) is 5.82. The van der Waals surface area contributed by atoms with E-state index in [4.69, 9.17) is 0 Å². The normalized spacial score (nSPS) is 18.5. The first-order chi connectivity index (χ1) is 5.33. The Balaban J connectivity index is 0.00000121. The molecule has 1 saturated carbocycles. The molecule has 12 heavy (non-hydrogen) atoms. The highest BCUT2D eigenvalue weighted by Crippen LogP contribution is 2.35. The molecule has 0 aromatic carbocycles. The van der Waals surface area contributed by atoms with Gasteiger partial charge in [-0.05, 0) is 6.42 Å². The van der Waals surface area contributed by atoms with Crippen LogP contribution in [-0.2, 0) is 0 Å². The molecule has 74 valence electrons. The highest BCUT2D eigenvalue weighted by Gasteiger charge is 2.45. The lowest BCUT2D eigenvalue weighted by atomic mass is 10.1. The summed E-state index contributed by atoms with van der Waals surface area (Å²) in [5.41, 5.74) is 0.726. The van der Waals surface area contributed by atoms with Gasteiger partial charge >= 0.3 is 0 Å². The highest BCUT2D eigenvalue weighted by molar-refractivity contribution is 4.91. The number of quaternary nitrogens is 1. The maximum atomic E-state index is 2.60. The van der Waals surface area contributed by atoms with Crippen molar-refractivity contribution in [2.24, 2.45) is 0 Å². The van der Waals surface area contributed by atoms with Crippen LogP contribution in [0.3, 0.4) is 0 Å². The predicted octanol–water partition coefficient (Wildman–Crippen LogP) is -1.31. The van der Waals surface area contributed by atoms with Gasteiger partial charge in [0.2, 0.25) is 0 Å². The molecule has 1 aliphatic rings. The minimum Gasteiger partial charge on any atom is -1.00 e. The predicted molar refractivity (Wildman–Crippen MR) is 48.6 cm³/mol. The average molecular weight is 192 g/mol. The SMILES string of the molecule is CCCC[NH2+]C1(CCC)CC1.[Cl-]. The van der Waals surface area contributed by atoms with E-state index in [1.165, 1.54) is 45.1 Å². The Kier molecular flexibility index (Phi) is 5.94. The minimum atomic E-state index is 0. The molecule has 0 aromatic rings. The Hall–Kier alpha value is 0.250. The van der Waals surface area contributed by atoms with Crippen molar-refractivity contribution in [3.05, 3.63) is 0 Å². The number of hydrogen-bond donors (Lipinski definition) is 1. The van der Waals surface area contributed by atoms with E-state index >= 15 is 0 Å². The molecule has 0 radical (unpaired) electrons. The summed E-state index contributed by atoms with van der Waals surface area (Å²) in [4.78, 5) is 0. The lowest BCUT2D eigenvalue weighted by molar-refractivity contribution is -0.704. The second-order valence-corrected chi connectivity index (χ2v) is 3.96. The minimum absolute atomic E-state index is 0. The summed E-state index contributed by atoms with van der Waals surface area (Å²) < 4.78 is 0. The van der Waals surface area contributed by atoms with Crippen molar-refractivity contribution in [2.75, 3.05) is 6.54 Å². The van der Waals surface area contributed by atoms with Gasteiger partial charge in [0.05, 0.1) is 12.1 Å². The molecule has 0 atom stereocenters. The van der Waals surface area contributed by atoms with Gasteiger partial charge in [0.1, 0.15) is 0 Å². The summed E-state index contributed by atoms with van der Waals surface area (Å²) in [5.74, 6) is 0. The van der Waals surface area contributed by atoms with Crippen LogP contribution in [0.1, 0.15) is 52.4 Å². The lowest BCUT2D eigenvalue weighted by Crippen LogP contribution is -3.00. The molecule has 2 N–H and O–H groups in total. The summed E-state index contributed by atoms with van der Waals surface area (Å²) in [7, 11) is 0. The molecule has 1 nitrogen and oxygen atoms in total. The molecule has 1 fully saturated rings. The molecule has 0 saturated heterocycles. The molecule has 0 unspecified atom stereocenters. The molecule has 0 aliphatic heterocycles. The van der Waals surface area contributed by atoms with Crippen LogP contribution in [0.4, 0.5) is 0 Å². The van der Waals surface area contributed by atoms with Crippen molar-refractivity contribution in [1.82, 2.24) is 0 Å². The fraction of sp³-hybridized carbons (Fsp3) is 1.00. The van der Waals surface area contributed by atoms with Gasteiger partial charge < -0.3 is 17.7 Å². The Morgan fingerprint density at radius 3 is 2.25 bits per heavy atom. The van der Waals surface area contributed by atoms with Crippen LogP contribution in [0, 0.1) is 0 Å². The maximum Gasteiger partial charge on any atom is 0.0966 e. The van der Waals surface area contributed by atoms with Crippen LogP contribution in [0.25, 0.3) is 0 Å². The van der Waals surface area contributed by atoms with Gasteiger partial charge in [0.25, 0.3) is 0 Å². The van der Waals surface area contributed by atoms with Crippen LogP contribution in [0.2, 0.25) is 0 Å². The molecule has 2 heteroatoms. The molecule has 1 rings (SSSR count). The first-order valence-corrected chi connectivity index (χ1v) is 5.17. The first kappa shape index (κ1) is 12.2. The van der Waals surface area contributed by atoms with Crippen molar-refractivity contribution >= 4 is 0 Å². The Morgan fingerprint density at radius 2 is 1.83 bits per heavy atom. The third-order valence-electron chi connectivity index (χ3n) is 2.78. The van der Waals surface area contributed by atoms with Gasteiger partial charge in [-0.3, -0.25) is 0 Å². The molecule has 0 aromatic heterocycles. The molecular weight excluding hydrogens is 170 g/mol. The standard InChI is InChI=1S/C10H21N.ClH/c1-3-5-9-11-10(6-4-2)7-8-10;/h11H,3-9H2,1-2H3;1H. The molecule has 0 bridgehead atoms. The largest absolute Gasteiger partial charge is 1.00 e. The van der Waals surface area contributed by atoms with E-state index in [2.05, 4.69) is 19.2 Å². The fourth-order valence-corrected chi connectivity index (χ4v) is 1.83. The van der Waals surface area contributed by atoms with Crippen LogP contribution in [0.5, 0.6) is 0 Å². The van der Waals surface area contributed by atoms with Crippen molar-refractivity contribution in [3.63, 3.8) is 0 Å². The van der Waals surface area contributed by atoms with Crippen LogP contribution < -0.4 is 17.7 Å². The number of hydrogen-bond acceptors (Lipinski definition) is 0. The van der Waals surface area contributed by atoms with E-state index in [-0.39, 0.29) is 12.4 Å². The van der Waals surface area contributed by atoms with Gasteiger partial charge in [-0.2, -0.15) is 0 Å². The first-order valence-electron chi connectivity index (χ1n) is 5.17. The monoisotopic (exact) mass is 191 g/mol. The molecule has 0 spiro atoms. The number of unbranched alkanes of at least 4 members (excludes halogenated alkanes) is 1. The summed E-state index contributed by atoms with van der Waals surface area (Å²) in [6.45, 7) is 5.93. The van der Waals surface area contributed by atoms with E-state index in [0.29, 0.717) is 0 Å². The topological polar surface area (TPSA) is 16.6 Å². The van der Waals surface area contributed by atoms with Crippen molar-refractivity contribution < 1.29 is 17.7 Å². The third-order valence-corrected chi connectivity index (χ3v) is 2.78. The van der Waals surface area contributed by atoms with Crippen LogP contribution >= 0.6 is 0 Å². The maximum absolute atomic E-state index is 2.60. The van der Waals surface area contributed by atoms with Crippen molar-refractivity contribution in [3.8, 4) is 0 Å². The van der Waals surface area contributed by atoms with Gasteiger partial charge in [-0.1, -0.05) is 26.7 Å². The quantitative estimate of drug-likeness (QED) is 0.502. The highest BCUT2D eigenvalue weighted by atomic mass is 35.5. The fourth-order valence-electron chi connectivity index (χ4n) is 1.83. The smallest absolute Gasteiger partial charge is 0.0966 e. The molecular formula is C10H22ClN.